The maximum atomic E-state index is 12.5. The smallest absolute Gasteiger partial charge is 0.224 e. The third-order valence-corrected chi connectivity index (χ3v) is 5.47. The number of aryl methyl sites for hydroxylation is 4. The van der Waals surface area contributed by atoms with Gasteiger partial charge in [-0.3, -0.25) is 9.78 Å². The highest BCUT2D eigenvalue weighted by Gasteiger charge is 2.15. The van der Waals surface area contributed by atoms with Gasteiger partial charge in [-0.05, 0) is 75.1 Å². The summed E-state index contributed by atoms with van der Waals surface area (Å²) < 4.78 is 0. The van der Waals surface area contributed by atoms with Gasteiger partial charge in [0.15, 0.2) is 0 Å². The number of carbonyl (C=O) groups excluding carboxylic acids is 1. The Balaban J connectivity index is 1.52. The number of hydrogen-bond donors (Lipinski definition) is 2. The first-order valence-corrected chi connectivity index (χ1v) is 10.4. The van der Waals surface area contributed by atoms with E-state index in [1.165, 1.54) is 22.1 Å². The summed E-state index contributed by atoms with van der Waals surface area (Å²) >= 11 is 0. The van der Waals surface area contributed by atoms with Gasteiger partial charge in [-0.2, -0.15) is 0 Å². The molecule has 2 N–H and O–H groups in total. The number of amides is 1. The molecule has 152 valence electrons. The van der Waals surface area contributed by atoms with Crippen LogP contribution in [-0.4, -0.2) is 15.9 Å². The van der Waals surface area contributed by atoms with Crippen molar-refractivity contribution in [3.63, 3.8) is 0 Å². The molecule has 0 aliphatic rings. The van der Waals surface area contributed by atoms with E-state index >= 15 is 0 Å². The normalized spacial score (nSPS) is 11.0. The first kappa shape index (κ1) is 19.9. The highest BCUT2D eigenvalue weighted by Crippen LogP contribution is 2.31. The summed E-state index contributed by atoms with van der Waals surface area (Å²) in [5.41, 5.74) is 8.72. The molecule has 0 atom stereocenters. The van der Waals surface area contributed by atoms with E-state index in [0.29, 0.717) is 6.42 Å². The van der Waals surface area contributed by atoms with Gasteiger partial charge >= 0.3 is 0 Å². The molecule has 0 radical (unpaired) electrons. The summed E-state index contributed by atoms with van der Waals surface area (Å²) in [4.78, 5) is 20.6. The van der Waals surface area contributed by atoms with Crippen LogP contribution in [0.1, 0.15) is 35.1 Å². The molecule has 0 aliphatic heterocycles. The summed E-state index contributed by atoms with van der Waals surface area (Å²) in [5.74, 6) is 0.0531. The maximum Gasteiger partial charge on any atom is 0.224 e. The van der Waals surface area contributed by atoms with Crippen molar-refractivity contribution in [3.8, 4) is 11.4 Å². The lowest BCUT2D eigenvalue weighted by Crippen LogP contribution is -2.12. The summed E-state index contributed by atoms with van der Waals surface area (Å²) in [7, 11) is 0. The highest BCUT2D eigenvalue weighted by molar-refractivity contribution is 5.92. The average Bonchev–Trinajstić information content (AvgIpc) is 3.08. The molecule has 0 bridgehead atoms. The number of carbonyl (C=O) groups is 1. The number of hydrogen-bond acceptors (Lipinski definition) is 2. The van der Waals surface area contributed by atoms with Gasteiger partial charge in [0.1, 0.15) is 0 Å². The monoisotopic (exact) mass is 397 g/mol. The van der Waals surface area contributed by atoms with Crippen molar-refractivity contribution in [2.45, 2.75) is 40.0 Å². The van der Waals surface area contributed by atoms with Crippen LogP contribution in [0.2, 0.25) is 0 Å². The number of nitrogens with zero attached hydrogens (tertiary/aromatic N) is 1. The van der Waals surface area contributed by atoms with Gasteiger partial charge in [0.05, 0.1) is 11.4 Å². The average molecular weight is 398 g/mol. The lowest BCUT2D eigenvalue weighted by molar-refractivity contribution is -0.116. The zero-order valence-electron chi connectivity index (χ0n) is 17.8. The van der Waals surface area contributed by atoms with E-state index in [1.54, 1.807) is 0 Å². The van der Waals surface area contributed by atoms with Crippen molar-refractivity contribution in [1.29, 1.82) is 0 Å². The largest absolute Gasteiger partial charge is 0.353 e. The molecular weight excluding hydrogens is 370 g/mol. The standard InChI is InChI=1S/C26H27N3O/c1-17-10-12-22(19(3)15-17)28-25(30)9-6-7-20-21-16-18(2)11-13-23(21)29-26(20)24-8-4-5-14-27-24/h4-5,8,10-16,29H,6-7,9H2,1-3H3,(H,28,30). The fourth-order valence-corrected chi connectivity index (χ4v) is 3.94. The minimum absolute atomic E-state index is 0.0531. The van der Waals surface area contributed by atoms with Gasteiger partial charge < -0.3 is 10.3 Å². The van der Waals surface area contributed by atoms with Crippen molar-refractivity contribution in [2.75, 3.05) is 5.32 Å². The number of H-pyrrole nitrogens is 1. The molecule has 4 rings (SSSR count). The van der Waals surface area contributed by atoms with Gasteiger partial charge in [-0.15, -0.1) is 0 Å². The SMILES string of the molecule is Cc1ccc(NC(=O)CCCc2c(-c3ccccn3)[nH]c3ccc(C)cc23)c(C)c1. The second-order valence-corrected chi connectivity index (χ2v) is 7.96. The van der Waals surface area contributed by atoms with Crippen LogP contribution in [0.15, 0.2) is 60.8 Å². The van der Waals surface area contributed by atoms with Gasteiger partial charge in [-0.1, -0.05) is 35.4 Å². The minimum atomic E-state index is 0.0531. The van der Waals surface area contributed by atoms with Crippen LogP contribution in [0.5, 0.6) is 0 Å². The molecule has 1 amide bonds. The molecule has 2 heterocycles. The van der Waals surface area contributed by atoms with E-state index in [-0.39, 0.29) is 5.91 Å². The van der Waals surface area contributed by atoms with Crippen LogP contribution in [0.4, 0.5) is 5.69 Å². The van der Waals surface area contributed by atoms with Crippen LogP contribution in [0.3, 0.4) is 0 Å². The van der Waals surface area contributed by atoms with Crippen LogP contribution in [-0.2, 0) is 11.2 Å². The van der Waals surface area contributed by atoms with Gasteiger partial charge in [0.2, 0.25) is 5.91 Å². The lowest BCUT2D eigenvalue weighted by Gasteiger charge is -2.09. The molecule has 0 spiro atoms. The zero-order chi connectivity index (χ0) is 21.1. The van der Waals surface area contributed by atoms with Crippen molar-refractivity contribution in [1.82, 2.24) is 9.97 Å². The van der Waals surface area contributed by atoms with Crippen LogP contribution < -0.4 is 5.32 Å². The third kappa shape index (κ3) is 4.28. The quantitative estimate of drug-likeness (QED) is 0.412. The molecule has 4 heteroatoms. The molecule has 0 saturated heterocycles. The third-order valence-electron chi connectivity index (χ3n) is 5.47. The molecular formula is C26H27N3O. The Kier molecular flexibility index (Phi) is 5.66. The number of nitrogens with one attached hydrogen (secondary N) is 2. The van der Waals surface area contributed by atoms with Crippen LogP contribution in [0, 0.1) is 20.8 Å². The first-order chi connectivity index (χ1) is 14.5. The Morgan fingerprint density at radius 3 is 2.57 bits per heavy atom. The molecule has 0 unspecified atom stereocenters. The maximum absolute atomic E-state index is 12.5. The van der Waals surface area contributed by atoms with Crippen molar-refractivity contribution in [3.05, 3.63) is 83.0 Å². The number of anilines is 1. The fraction of sp³-hybridized carbons (Fsp3) is 0.231. The van der Waals surface area contributed by atoms with Crippen LogP contribution in [0.25, 0.3) is 22.3 Å². The molecule has 30 heavy (non-hydrogen) atoms. The van der Waals surface area contributed by atoms with Crippen molar-refractivity contribution in [2.24, 2.45) is 0 Å². The zero-order valence-corrected chi connectivity index (χ0v) is 17.8. The molecule has 2 aromatic carbocycles. The molecule has 4 aromatic rings. The van der Waals surface area contributed by atoms with E-state index in [4.69, 9.17) is 0 Å². The Morgan fingerprint density at radius 1 is 1.00 bits per heavy atom. The van der Waals surface area contributed by atoms with Crippen LogP contribution >= 0.6 is 0 Å². The second-order valence-electron chi connectivity index (χ2n) is 7.96. The second kappa shape index (κ2) is 8.54. The van der Waals surface area contributed by atoms with E-state index < -0.39 is 0 Å². The molecule has 0 fully saturated rings. The molecule has 2 aromatic heterocycles. The molecule has 4 nitrogen and oxygen atoms in total. The van der Waals surface area contributed by atoms with Gasteiger partial charge in [-0.25, -0.2) is 0 Å². The summed E-state index contributed by atoms with van der Waals surface area (Å²) in [6.07, 6.45) is 3.88. The van der Waals surface area contributed by atoms with Crippen molar-refractivity contribution < 1.29 is 4.79 Å². The summed E-state index contributed by atoms with van der Waals surface area (Å²) in [5, 5.41) is 4.26. The molecule has 0 aliphatic carbocycles. The number of fused-ring (bicyclic) bond motifs is 1. The number of benzene rings is 2. The fourth-order valence-electron chi connectivity index (χ4n) is 3.94. The highest BCUT2D eigenvalue weighted by atomic mass is 16.1. The Morgan fingerprint density at radius 2 is 1.80 bits per heavy atom. The summed E-state index contributed by atoms with van der Waals surface area (Å²) in [6, 6.07) is 18.5. The van der Waals surface area contributed by atoms with E-state index in [1.807, 2.05) is 43.5 Å². The topological polar surface area (TPSA) is 57.8 Å². The van der Waals surface area contributed by atoms with Gasteiger partial charge in [0, 0.05) is 29.2 Å². The number of pyridine rings is 1. The minimum Gasteiger partial charge on any atom is -0.353 e. The van der Waals surface area contributed by atoms with E-state index in [9.17, 15) is 4.79 Å². The van der Waals surface area contributed by atoms with E-state index in [0.717, 1.165) is 41.0 Å². The molecule has 0 saturated carbocycles. The Hall–Kier alpha value is -3.40. The van der Waals surface area contributed by atoms with Crippen molar-refractivity contribution >= 4 is 22.5 Å². The number of aromatic amines is 1. The Labute approximate surface area is 177 Å². The number of aromatic nitrogens is 2. The summed E-state index contributed by atoms with van der Waals surface area (Å²) in [6.45, 7) is 6.19. The number of rotatable bonds is 6. The first-order valence-electron chi connectivity index (χ1n) is 10.4. The van der Waals surface area contributed by atoms with E-state index in [2.05, 4.69) is 53.4 Å². The van der Waals surface area contributed by atoms with Gasteiger partial charge in [0.25, 0.3) is 0 Å². The Bertz CT molecular complexity index is 1190. The predicted molar refractivity (Wildman–Crippen MR) is 124 cm³/mol. The lowest BCUT2D eigenvalue weighted by atomic mass is 10.0. The predicted octanol–water partition coefficient (Wildman–Crippen LogP) is 6.12.